The Hall–Kier alpha value is -3.26. The molecule has 2 aromatic rings. The van der Waals surface area contributed by atoms with Crippen LogP contribution in [-0.2, 0) is 11.4 Å². The number of imide groups is 1. The van der Waals surface area contributed by atoms with Gasteiger partial charge >= 0.3 is 5.97 Å². The van der Waals surface area contributed by atoms with Gasteiger partial charge < -0.3 is 14.6 Å². The SMILES string of the molecule is CCCN1C(=O)S/C(=C/c2cccc(OC)c2OCc2cccc(C(=O)O)c2)C1=O. The summed E-state index contributed by atoms with van der Waals surface area (Å²) in [6.07, 6.45) is 2.31. The Kier molecular flexibility index (Phi) is 6.79. The molecule has 1 aliphatic heterocycles. The number of nitrogens with zero attached hydrogens (tertiary/aromatic N) is 1. The fourth-order valence-corrected chi connectivity index (χ4v) is 3.82. The molecule has 0 unspecified atom stereocenters. The number of carboxylic acids is 1. The molecule has 0 aliphatic carbocycles. The van der Waals surface area contributed by atoms with Crippen LogP contribution in [0.3, 0.4) is 0 Å². The van der Waals surface area contributed by atoms with Gasteiger partial charge in [-0.15, -0.1) is 0 Å². The van der Waals surface area contributed by atoms with Crippen molar-refractivity contribution in [3.05, 3.63) is 64.1 Å². The van der Waals surface area contributed by atoms with Gasteiger partial charge in [0.15, 0.2) is 11.5 Å². The van der Waals surface area contributed by atoms with E-state index in [4.69, 9.17) is 14.6 Å². The topological polar surface area (TPSA) is 93.1 Å². The Balaban J connectivity index is 1.89. The van der Waals surface area contributed by atoms with Gasteiger partial charge in [0.2, 0.25) is 0 Å². The van der Waals surface area contributed by atoms with E-state index < -0.39 is 5.97 Å². The summed E-state index contributed by atoms with van der Waals surface area (Å²) in [7, 11) is 1.51. The van der Waals surface area contributed by atoms with Gasteiger partial charge in [-0.25, -0.2) is 4.79 Å². The first kappa shape index (κ1) is 21.4. The van der Waals surface area contributed by atoms with Crippen LogP contribution < -0.4 is 9.47 Å². The van der Waals surface area contributed by atoms with Crippen molar-refractivity contribution in [2.75, 3.05) is 13.7 Å². The molecule has 30 heavy (non-hydrogen) atoms. The van der Waals surface area contributed by atoms with E-state index in [0.717, 1.165) is 11.8 Å². The molecule has 1 aliphatic rings. The van der Waals surface area contributed by atoms with E-state index in [9.17, 15) is 14.4 Å². The van der Waals surface area contributed by atoms with Crippen LogP contribution in [0.4, 0.5) is 4.79 Å². The number of carbonyl (C=O) groups excluding carboxylic acids is 2. The first-order chi connectivity index (χ1) is 14.4. The van der Waals surface area contributed by atoms with Crippen LogP contribution in [0.15, 0.2) is 47.4 Å². The number of carbonyl (C=O) groups is 3. The quantitative estimate of drug-likeness (QED) is 0.623. The van der Waals surface area contributed by atoms with E-state index in [-0.39, 0.29) is 23.3 Å². The molecule has 3 rings (SSSR count). The minimum Gasteiger partial charge on any atom is -0.493 e. The Labute approximate surface area is 178 Å². The molecule has 1 N–H and O–H groups in total. The molecule has 0 spiro atoms. The monoisotopic (exact) mass is 427 g/mol. The standard InChI is InChI=1S/C22H21NO6S/c1-3-10-23-20(24)18(30-22(23)27)12-15-7-5-9-17(28-2)19(15)29-13-14-6-4-8-16(11-14)21(25)26/h4-9,11-12H,3,10,13H2,1-2H3,(H,25,26)/b18-12+. The van der Waals surface area contributed by atoms with Crippen molar-refractivity contribution in [3.63, 3.8) is 0 Å². The lowest BCUT2D eigenvalue weighted by Gasteiger charge is -2.14. The zero-order chi connectivity index (χ0) is 21.7. The number of thioether (sulfide) groups is 1. The average molecular weight is 427 g/mol. The number of amides is 2. The molecule has 0 atom stereocenters. The van der Waals surface area contributed by atoms with E-state index in [1.165, 1.54) is 24.1 Å². The number of ether oxygens (including phenoxy) is 2. The van der Waals surface area contributed by atoms with E-state index in [1.807, 2.05) is 6.92 Å². The van der Waals surface area contributed by atoms with Crippen molar-refractivity contribution in [1.82, 2.24) is 4.90 Å². The third-order valence-corrected chi connectivity index (χ3v) is 5.30. The molecular formula is C22H21NO6S. The summed E-state index contributed by atoms with van der Waals surface area (Å²) in [6, 6.07) is 11.7. The highest BCUT2D eigenvalue weighted by Crippen LogP contribution is 2.37. The molecule has 7 nitrogen and oxygen atoms in total. The molecule has 8 heteroatoms. The van der Waals surface area contributed by atoms with Crippen molar-refractivity contribution < 1.29 is 29.0 Å². The number of rotatable bonds is 8. The summed E-state index contributed by atoms with van der Waals surface area (Å²) in [4.78, 5) is 37.4. The van der Waals surface area contributed by atoms with Crippen LogP contribution in [0.2, 0.25) is 0 Å². The van der Waals surface area contributed by atoms with Gasteiger partial charge in [-0.05, 0) is 48.0 Å². The third-order valence-electron chi connectivity index (χ3n) is 4.39. The molecule has 2 amide bonds. The number of carboxylic acid groups (broad SMARTS) is 1. The number of benzene rings is 2. The second-order valence-corrected chi connectivity index (χ2v) is 7.50. The zero-order valence-electron chi connectivity index (χ0n) is 16.6. The summed E-state index contributed by atoms with van der Waals surface area (Å²) in [6.45, 7) is 2.39. The van der Waals surface area contributed by atoms with E-state index >= 15 is 0 Å². The second kappa shape index (κ2) is 9.49. The number of methoxy groups -OCH3 is 1. The van der Waals surface area contributed by atoms with Crippen molar-refractivity contribution in [1.29, 1.82) is 0 Å². The minimum atomic E-state index is -1.02. The highest BCUT2D eigenvalue weighted by Gasteiger charge is 2.34. The predicted molar refractivity (Wildman–Crippen MR) is 114 cm³/mol. The van der Waals surface area contributed by atoms with Crippen molar-refractivity contribution in [2.45, 2.75) is 20.0 Å². The Morgan fingerprint density at radius 2 is 1.97 bits per heavy atom. The maximum absolute atomic E-state index is 12.5. The second-order valence-electron chi connectivity index (χ2n) is 6.51. The molecule has 156 valence electrons. The van der Waals surface area contributed by atoms with E-state index in [0.29, 0.717) is 40.5 Å². The fraction of sp³-hybridized carbons (Fsp3) is 0.227. The van der Waals surface area contributed by atoms with Gasteiger partial charge in [-0.3, -0.25) is 14.5 Å². The third kappa shape index (κ3) is 4.65. The first-order valence-corrected chi connectivity index (χ1v) is 10.1. The fourth-order valence-electron chi connectivity index (χ4n) is 2.97. The van der Waals surface area contributed by atoms with Crippen molar-refractivity contribution in [2.24, 2.45) is 0 Å². The summed E-state index contributed by atoms with van der Waals surface area (Å²) in [5.41, 5.74) is 1.43. The molecule has 0 radical (unpaired) electrons. The van der Waals surface area contributed by atoms with Gasteiger partial charge in [0.1, 0.15) is 6.61 Å². The van der Waals surface area contributed by atoms with Gasteiger partial charge in [-0.2, -0.15) is 0 Å². The number of hydrogen-bond donors (Lipinski definition) is 1. The van der Waals surface area contributed by atoms with Crippen LogP contribution in [0.5, 0.6) is 11.5 Å². The molecule has 1 heterocycles. The molecule has 0 aromatic heterocycles. The average Bonchev–Trinajstić information content (AvgIpc) is 3.00. The Morgan fingerprint density at radius 1 is 1.20 bits per heavy atom. The largest absolute Gasteiger partial charge is 0.493 e. The maximum Gasteiger partial charge on any atom is 0.335 e. The van der Waals surface area contributed by atoms with Crippen molar-refractivity contribution in [3.8, 4) is 11.5 Å². The Morgan fingerprint density at radius 3 is 2.67 bits per heavy atom. The minimum absolute atomic E-state index is 0.111. The van der Waals surface area contributed by atoms with Crippen LogP contribution >= 0.6 is 11.8 Å². The first-order valence-electron chi connectivity index (χ1n) is 9.32. The lowest BCUT2D eigenvalue weighted by atomic mass is 10.1. The number of aromatic carboxylic acids is 1. The van der Waals surface area contributed by atoms with E-state index in [1.54, 1.807) is 36.4 Å². The lowest BCUT2D eigenvalue weighted by Crippen LogP contribution is -2.28. The number of hydrogen-bond acceptors (Lipinski definition) is 6. The Bertz CT molecular complexity index is 1020. The van der Waals surface area contributed by atoms with Gasteiger partial charge in [0, 0.05) is 12.1 Å². The summed E-state index contributed by atoms with van der Waals surface area (Å²) in [5.74, 6) is -0.471. The summed E-state index contributed by atoms with van der Waals surface area (Å²) < 4.78 is 11.3. The molecular weight excluding hydrogens is 406 g/mol. The summed E-state index contributed by atoms with van der Waals surface area (Å²) >= 11 is 0.895. The smallest absolute Gasteiger partial charge is 0.335 e. The number of para-hydroxylation sites is 1. The van der Waals surface area contributed by atoms with Gasteiger partial charge in [0.05, 0.1) is 17.6 Å². The van der Waals surface area contributed by atoms with Gasteiger partial charge in [0.25, 0.3) is 11.1 Å². The molecule has 0 saturated carbocycles. The molecule has 0 bridgehead atoms. The van der Waals surface area contributed by atoms with Crippen LogP contribution in [-0.4, -0.2) is 40.8 Å². The van der Waals surface area contributed by atoms with E-state index in [2.05, 4.69) is 0 Å². The maximum atomic E-state index is 12.5. The predicted octanol–water partition coefficient (Wildman–Crippen LogP) is 4.42. The van der Waals surface area contributed by atoms with Crippen LogP contribution in [0.25, 0.3) is 6.08 Å². The van der Waals surface area contributed by atoms with Gasteiger partial charge in [-0.1, -0.05) is 31.2 Å². The summed E-state index contributed by atoms with van der Waals surface area (Å²) in [5, 5.41) is 8.86. The molecule has 1 saturated heterocycles. The molecule has 2 aromatic carbocycles. The highest BCUT2D eigenvalue weighted by molar-refractivity contribution is 8.18. The van der Waals surface area contributed by atoms with Crippen molar-refractivity contribution >= 4 is 35.0 Å². The lowest BCUT2D eigenvalue weighted by molar-refractivity contribution is -0.122. The zero-order valence-corrected chi connectivity index (χ0v) is 17.4. The molecule has 1 fully saturated rings. The highest BCUT2D eigenvalue weighted by atomic mass is 32.2. The van der Waals surface area contributed by atoms with Crippen LogP contribution in [0, 0.1) is 0 Å². The normalized spacial score (nSPS) is 15.0. The van der Waals surface area contributed by atoms with Crippen LogP contribution in [0.1, 0.15) is 34.8 Å².